The molecule has 0 saturated heterocycles. The molecule has 4 rings (SSSR count). The van der Waals surface area contributed by atoms with E-state index >= 15 is 0 Å². The lowest BCUT2D eigenvalue weighted by atomic mass is 9.67. The van der Waals surface area contributed by atoms with Gasteiger partial charge in [0.1, 0.15) is 6.17 Å². The Hall–Kier alpha value is -1.96. The maximum Gasteiger partial charge on any atom is 0.112 e. The van der Waals surface area contributed by atoms with Crippen LogP contribution in [0.1, 0.15) is 38.7 Å². The summed E-state index contributed by atoms with van der Waals surface area (Å²) in [6.07, 6.45) is 1.56. The molecule has 22 heavy (non-hydrogen) atoms. The van der Waals surface area contributed by atoms with Gasteiger partial charge in [-0.05, 0) is 36.1 Å². The number of nitrogens with zero attached hydrogens (tertiary/aromatic N) is 2. The maximum absolute atomic E-state index is 2.56. The molecule has 0 saturated carbocycles. The smallest absolute Gasteiger partial charge is 0.112 e. The molecule has 0 spiro atoms. The molecule has 2 aromatic carbocycles. The van der Waals surface area contributed by atoms with Gasteiger partial charge in [0.2, 0.25) is 0 Å². The van der Waals surface area contributed by atoms with E-state index in [1.165, 1.54) is 29.0 Å². The monoisotopic (exact) mass is 292 g/mol. The van der Waals surface area contributed by atoms with Crippen molar-refractivity contribution in [2.24, 2.45) is 5.41 Å². The second-order valence-corrected chi connectivity index (χ2v) is 6.98. The average molecular weight is 292 g/mol. The molecule has 0 radical (unpaired) electrons. The quantitative estimate of drug-likeness (QED) is 0.718. The molecule has 1 unspecified atom stereocenters. The van der Waals surface area contributed by atoms with Crippen molar-refractivity contribution in [1.82, 2.24) is 0 Å². The molecule has 3 atom stereocenters. The molecular formula is C20H24N2. The number of benzene rings is 2. The Bertz CT molecular complexity index is 723. The summed E-state index contributed by atoms with van der Waals surface area (Å²) in [5.74, 6) is 0.548. The van der Waals surface area contributed by atoms with Gasteiger partial charge in [-0.3, -0.25) is 0 Å². The summed E-state index contributed by atoms with van der Waals surface area (Å²) in [7, 11) is 2.25. The van der Waals surface area contributed by atoms with Crippen molar-refractivity contribution in [2.75, 3.05) is 16.8 Å². The third kappa shape index (κ3) is 1.50. The van der Waals surface area contributed by atoms with E-state index in [-0.39, 0.29) is 5.41 Å². The van der Waals surface area contributed by atoms with Crippen molar-refractivity contribution in [1.29, 1.82) is 0 Å². The van der Waals surface area contributed by atoms with Gasteiger partial charge in [-0.15, -0.1) is 0 Å². The second-order valence-electron chi connectivity index (χ2n) is 6.98. The van der Waals surface area contributed by atoms with Gasteiger partial charge in [0.05, 0.1) is 11.4 Å². The lowest BCUT2D eigenvalue weighted by Crippen LogP contribution is -2.55. The van der Waals surface area contributed by atoms with Crippen molar-refractivity contribution in [3.63, 3.8) is 0 Å². The predicted octanol–water partition coefficient (Wildman–Crippen LogP) is 5.13. The van der Waals surface area contributed by atoms with Gasteiger partial charge in [0.25, 0.3) is 0 Å². The number of anilines is 3. The molecule has 2 nitrogen and oxygen atoms in total. The first-order valence-electron chi connectivity index (χ1n) is 8.29. The SMILES string of the molecule is CC[C@]1(C)C(C)c2ccccc2N2c3ccccc3N(C)[C@H]21. The van der Waals surface area contributed by atoms with E-state index in [4.69, 9.17) is 0 Å². The molecule has 0 aromatic heterocycles. The molecular weight excluding hydrogens is 268 g/mol. The van der Waals surface area contributed by atoms with Crippen LogP contribution in [0.5, 0.6) is 0 Å². The highest BCUT2D eigenvalue weighted by atomic mass is 15.4. The van der Waals surface area contributed by atoms with Crippen LogP contribution in [-0.4, -0.2) is 13.2 Å². The first-order valence-corrected chi connectivity index (χ1v) is 8.29. The van der Waals surface area contributed by atoms with Gasteiger partial charge in [-0.2, -0.15) is 0 Å². The van der Waals surface area contributed by atoms with Gasteiger partial charge >= 0.3 is 0 Å². The van der Waals surface area contributed by atoms with E-state index in [2.05, 4.69) is 86.1 Å². The summed E-state index contributed by atoms with van der Waals surface area (Å²) in [6.45, 7) is 7.18. The molecule has 2 heteroatoms. The molecule has 0 bridgehead atoms. The molecule has 114 valence electrons. The van der Waals surface area contributed by atoms with Crippen LogP contribution in [0, 0.1) is 5.41 Å². The van der Waals surface area contributed by atoms with Crippen LogP contribution in [0.4, 0.5) is 17.1 Å². The van der Waals surface area contributed by atoms with Gasteiger partial charge in [0, 0.05) is 18.2 Å². The zero-order valence-electron chi connectivity index (χ0n) is 13.9. The molecule has 0 aliphatic carbocycles. The topological polar surface area (TPSA) is 6.48 Å². The first kappa shape index (κ1) is 13.7. The Morgan fingerprint density at radius 1 is 0.955 bits per heavy atom. The van der Waals surface area contributed by atoms with E-state index in [1.807, 2.05) is 0 Å². The number of fused-ring (bicyclic) bond motifs is 5. The van der Waals surface area contributed by atoms with E-state index < -0.39 is 0 Å². The van der Waals surface area contributed by atoms with Crippen LogP contribution in [0.3, 0.4) is 0 Å². The van der Waals surface area contributed by atoms with Gasteiger partial charge in [0.15, 0.2) is 0 Å². The largest absolute Gasteiger partial charge is 0.352 e. The summed E-state index contributed by atoms with van der Waals surface area (Å²) < 4.78 is 0. The molecule has 0 fully saturated rings. The Balaban J connectivity index is 2.02. The highest BCUT2D eigenvalue weighted by molar-refractivity contribution is 5.86. The fraction of sp³-hybridized carbons (Fsp3) is 0.400. The zero-order chi connectivity index (χ0) is 15.5. The lowest BCUT2D eigenvalue weighted by Gasteiger charge is -2.52. The van der Waals surface area contributed by atoms with Crippen molar-refractivity contribution in [2.45, 2.75) is 39.3 Å². The number of rotatable bonds is 1. The highest BCUT2D eigenvalue weighted by Crippen LogP contribution is 2.58. The number of hydrogen-bond acceptors (Lipinski definition) is 2. The van der Waals surface area contributed by atoms with E-state index in [1.54, 1.807) is 0 Å². The minimum Gasteiger partial charge on any atom is -0.352 e. The first-order chi connectivity index (χ1) is 10.6. The third-order valence-corrected chi connectivity index (χ3v) is 6.14. The maximum atomic E-state index is 2.56. The molecule has 2 aliphatic heterocycles. The Kier molecular flexibility index (Phi) is 2.81. The molecule has 0 amide bonds. The number of hydrogen-bond donors (Lipinski definition) is 0. The Morgan fingerprint density at radius 2 is 1.55 bits per heavy atom. The van der Waals surface area contributed by atoms with Crippen LogP contribution in [0.2, 0.25) is 0 Å². The fourth-order valence-electron chi connectivity index (χ4n) is 4.54. The summed E-state index contributed by atoms with van der Waals surface area (Å²) in [4.78, 5) is 5.04. The lowest BCUT2D eigenvalue weighted by molar-refractivity contribution is 0.189. The molecule has 2 heterocycles. The van der Waals surface area contributed by atoms with Crippen molar-refractivity contribution < 1.29 is 0 Å². The summed E-state index contributed by atoms with van der Waals surface area (Å²) in [5.41, 5.74) is 5.77. The molecule has 2 aliphatic rings. The van der Waals surface area contributed by atoms with Crippen LogP contribution in [-0.2, 0) is 0 Å². The Labute approximate surface area is 133 Å². The van der Waals surface area contributed by atoms with Crippen LogP contribution >= 0.6 is 0 Å². The van der Waals surface area contributed by atoms with Gasteiger partial charge in [-0.1, -0.05) is 51.1 Å². The van der Waals surface area contributed by atoms with Crippen molar-refractivity contribution in [3.8, 4) is 0 Å². The summed E-state index contributed by atoms with van der Waals surface area (Å²) >= 11 is 0. The standard InChI is InChI=1S/C20H24N2/c1-5-20(3)14(2)15-10-6-7-11-16(15)22-18-13-9-8-12-17(18)21(4)19(20)22/h6-14,19H,5H2,1-4H3/t14?,19-,20-/m1/s1. The highest BCUT2D eigenvalue weighted by Gasteiger charge is 2.52. The average Bonchev–Trinajstić information content (AvgIpc) is 2.87. The fourth-order valence-corrected chi connectivity index (χ4v) is 4.54. The zero-order valence-corrected chi connectivity index (χ0v) is 13.9. The van der Waals surface area contributed by atoms with E-state index in [9.17, 15) is 0 Å². The molecule has 2 aromatic rings. The summed E-state index contributed by atoms with van der Waals surface area (Å²) in [6, 6.07) is 17.7. The second kappa shape index (κ2) is 4.52. The van der Waals surface area contributed by atoms with Crippen LogP contribution in [0.25, 0.3) is 0 Å². The Morgan fingerprint density at radius 3 is 2.23 bits per heavy atom. The van der Waals surface area contributed by atoms with Crippen LogP contribution in [0.15, 0.2) is 48.5 Å². The normalized spacial score (nSPS) is 29.1. The third-order valence-electron chi connectivity index (χ3n) is 6.14. The van der Waals surface area contributed by atoms with Crippen LogP contribution < -0.4 is 9.80 Å². The minimum absolute atomic E-state index is 0.224. The van der Waals surface area contributed by atoms with E-state index in [0.29, 0.717) is 12.1 Å². The van der Waals surface area contributed by atoms with Gasteiger partial charge < -0.3 is 9.80 Å². The predicted molar refractivity (Wildman–Crippen MR) is 94.0 cm³/mol. The number of para-hydroxylation sites is 3. The summed E-state index contributed by atoms with van der Waals surface area (Å²) in [5, 5.41) is 0. The molecule has 0 N–H and O–H groups in total. The van der Waals surface area contributed by atoms with Crippen molar-refractivity contribution in [3.05, 3.63) is 54.1 Å². The minimum atomic E-state index is 0.224. The van der Waals surface area contributed by atoms with Gasteiger partial charge in [-0.25, -0.2) is 0 Å². The van der Waals surface area contributed by atoms with E-state index in [0.717, 1.165) is 0 Å². The van der Waals surface area contributed by atoms with Crippen molar-refractivity contribution >= 4 is 17.1 Å².